The van der Waals surface area contributed by atoms with E-state index in [1.807, 2.05) is 31.3 Å². The van der Waals surface area contributed by atoms with Crippen molar-refractivity contribution in [3.05, 3.63) is 88.8 Å². The van der Waals surface area contributed by atoms with Crippen LogP contribution in [0.1, 0.15) is 21.5 Å². The first-order valence-corrected chi connectivity index (χ1v) is 14.1. The molecule has 0 aliphatic carbocycles. The summed E-state index contributed by atoms with van der Waals surface area (Å²) in [4.78, 5) is 31.4. The average Bonchev–Trinajstić information content (AvgIpc) is 3.37. The quantitative estimate of drug-likeness (QED) is 0.280. The van der Waals surface area contributed by atoms with Crippen molar-refractivity contribution >= 4 is 34.2 Å². The monoisotopic (exact) mass is 582 g/mol. The molecule has 1 aliphatic heterocycles. The van der Waals surface area contributed by atoms with Gasteiger partial charge in [-0.1, -0.05) is 17.7 Å². The third kappa shape index (κ3) is 6.11. The molecule has 0 atom stereocenters. The number of halogens is 1. The Morgan fingerprint density at radius 2 is 1.79 bits per heavy atom. The molecule has 1 fully saturated rings. The van der Waals surface area contributed by atoms with Gasteiger partial charge in [0.2, 0.25) is 5.88 Å². The number of piperazine rings is 1. The first-order chi connectivity index (χ1) is 20.3. The number of pyridine rings is 1. The van der Waals surface area contributed by atoms with Gasteiger partial charge in [0.1, 0.15) is 11.1 Å². The van der Waals surface area contributed by atoms with E-state index in [2.05, 4.69) is 55.2 Å². The van der Waals surface area contributed by atoms with Crippen molar-refractivity contribution in [2.45, 2.75) is 13.5 Å². The van der Waals surface area contributed by atoms with Gasteiger partial charge >= 0.3 is 0 Å². The smallest absolute Gasteiger partial charge is 0.257 e. The van der Waals surface area contributed by atoms with Crippen LogP contribution >= 0.6 is 11.6 Å². The van der Waals surface area contributed by atoms with Crippen LogP contribution in [0, 0.1) is 6.92 Å². The SMILES string of the molecule is Cc1cc(NC(=O)c2cc(Oc3nc(-c4ccncc4)nc4nn(C)cc34)ccc2Cl)ccc1CN1CCN(C)CC1. The Labute approximate surface area is 248 Å². The number of hydrogen-bond acceptors (Lipinski definition) is 8. The van der Waals surface area contributed by atoms with Gasteiger partial charge in [0.15, 0.2) is 11.5 Å². The van der Waals surface area contributed by atoms with Crippen LogP contribution in [-0.2, 0) is 13.6 Å². The van der Waals surface area contributed by atoms with Crippen LogP contribution in [0.5, 0.6) is 11.6 Å². The standard InChI is InChI=1S/C31H31ClN8O2/c1-20-16-23(5-4-22(20)18-40-14-12-38(2)13-15-40)34-30(41)25-17-24(6-7-27(25)32)42-31-26-19-39(3)37-29(26)35-28(36-31)21-8-10-33-11-9-21/h4-11,16-17,19H,12-15,18H2,1-3H3,(H,34,41). The molecule has 1 amide bonds. The molecule has 1 aliphatic rings. The molecule has 3 aromatic heterocycles. The van der Waals surface area contributed by atoms with Gasteiger partial charge in [0.05, 0.1) is 10.6 Å². The van der Waals surface area contributed by atoms with Gasteiger partial charge in [-0.25, -0.2) is 4.98 Å². The zero-order valence-corrected chi connectivity index (χ0v) is 24.5. The van der Waals surface area contributed by atoms with Gasteiger partial charge in [-0.05, 0) is 67.6 Å². The summed E-state index contributed by atoms with van der Waals surface area (Å²) < 4.78 is 7.86. The molecule has 214 valence electrons. The van der Waals surface area contributed by atoms with Crippen LogP contribution in [-0.4, -0.2) is 73.7 Å². The fourth-order valence-corrected chi connectivity index (χ4v) is 5.15. The number of aromatic nitrogens is 5. The van der Waals surface area contributed by atoms with E-state index in [0.29, 0.717) is 44.8 Å². The van der Waals surface area contributed by atoms with E-state index in [0.717, 1.165) is 43.9 Å². The summed E-state index contributed by atoms with van der Waals surface area (Å²) in [5.41, 5.74) is 4.65. The molecule has 11 heteroatoms. The molecule has 0 saturated carbocycles. The van der Waals surface area contributed by atoms with Crippen molar-refractivity contribution in [1.82, 2.24) is 34.5 Å². The van der Waals surface area contributed by atoms with Gasteiger partial charge in [-0.2, -0.15) is 10.1 Å². The Hall–Kier alpha value is -4.38. The Balaban J connectivity index is 1.21. The van der Waals surface area contributed by atoms with E-state index in [1.165, 1.54) is 5.56 Å². The van der Waals surface area contributed by atoms with E-state index in [1.54, 1.807) is 41.5 Å². The van der Waals surface area contributed by atoms with E-state index in [9.17, 15) is 4.79 Å². The molecule has 1 N–H and O–H groups in total. The predicted octanol–water partition coefficient (Wildman–Crippen LogP) is 5.18. The van der Waals surface area contributed by atoms with Crippen LogP contribution in [0.25, 0.3) is 22.4 Å². The number of aryl methyl sites for hydroxylation is 2. The van der Waals surface area contributed by atoms with Gasteiger partial charge in [-0.3, -0.25) is 19.4 Å². The summed E-state index contributed by atoms with van der Waals surface area (Å²) in [6.07, 6.45) is 5.14. The van der Waals surface area contributed by atoms with Crippen molar-refractivity contribution in [2.75, 3.05) is 38.5 Å². The predicted molar refractivity (Wildman–Crippen MR) is 163 cm³/mol. The van der Waals surface area contributed by atoms with E-state index >= 15 is 0 Å². The summed E-state index contributed by atoms with van der Waals surface area (Å²) in [6, 6.07) is 14.6. The number of nitrogens with zero attached hydrogens (tertiary/aromatic N) is 7. The first kappa shape index (κ1) is 27.8. The maximum absolute atomic E-state index is 13.3. The highest BCUT2D eigenvalue weighted by Crippen LogP contribution is 2.32. The van der Waals surface area contributed by atoms with E-state index < -0.39 is 0 Å². The van der Waals surface area contributed by atoms with Crippen molar-refractivity contribution in [3.63, 3.8) is 0 Å². The Morgan fingerprint density at radius 1 is 1.00 bits per heavy atom. The molecular formula is C31H31ClN8O2. The van der Waals surface area contributed by atoms with Crippen LogP contribution < -0.4 is 10.1 Å². The number of ether oxygens (including phenoxy) is 1. The minimum absolute atomic E-state index is 0.291. The normalized spacial score (nSPS) is 14.3. The lowest BCUT2D eigenvalue weighted by molar-refractivity contribution is 0.102. The number of hydrogen-bond donors (Lipinski definition) is 1. The Bertz CT molecular complexity index is 1750. The van der Waals surface area contributed by atoms with E-state index in [-0.39, 0.29) is 5.91 Å². The highest BCUT2D eigenvalue weighted by molar-refractivity contribution is 6.34. The fraction of sp³-hybridized carbons (Fsp3) is 0.258. The largest absolute Gasteiger partial charge is 0.438 e. The lowest BCUT2D eigenvalue weighted by atomic mass is 10.1. The summed E-state index contributed by atoms with van der Waals surface area (Å²) in [6.45, 7) is 7.23. The average molecular weight is 583 g/mol. The Kier molecular flexibility index (Phi) is 7.84. The summed E-state index contributed by atoms with van der Waals surface area (Å²) in [5, 5.41) is 8.38. The lowest BCUT2D eigenvalue weighted by Crippen LogP contribution is -2.43. The minimum atomic E-state index is -0.330. The second kappa shape index (κ2) is 11.8. The third-order valence-corrected chi connectivity index (χ3v) is 7.71. The molecule has 2 aromatic carbocycles. The van der Waals surface area contributed by atoms with Gasteiger partial charge in [0.25, 0.3) is 5.91 Å². The second-order valence-electron chi connectivity index (χ2n) is 10.5. The maximum atomic E-state index is 13.3. The zero-order chi connectivity index (χ0) is 29.2. The third-order valence-electron chi connectivity index (χ3n) is 7.38. The molecule has 42 heavy (non-hydrogen) atoms. The highest BCUT2D eigenvalue weighted by atomic mass is 35.5. The van der Waals surface area contributed by atoms with Crippen LogP contribution in [0.15, 0.2) is 67.1 Å². The molecule has 0 bridgehead atoms. The minimum Gasteiger partial charge on any atom is -0.438 e. The number of likely N-dealkylation sites (N-methyl/N-ethyl adjacent to an activating group) is 1. The number of anilines is 1. The van der Waals surface area contributed by atoms with Crippen molar-refractivity contribution < 1.29 is 9.53 Å². The number of carbonyl (C=O) groups is 1. The van der Waals surface area contributed by atoms with E-state index in [4.69, 9.17) is 16.3 Å². The number of benzene rings is 2. The molecule has 1 saturated heterocycles. The summed E-state index contributed by atoms with van der Waals surface area (Å²) in [7, 11) is 3.96. The molecule has 0 radical (unpaired) electrons. The lowest BCUT2D eigenvalue weighted by Gasteiger charge is -2.32. The molecule has 5 aromatic rings. The second-order valence-corrected chi connectivity index (χ2v) is 11.0. The molecule has 0 spiro atoms. The van der Waals surface area contributed by atoms with Gasteiger partial charge in [-0.15, -0.1) is 0 Å². The van der Waals surface area contributed by atoms with Crippen LogP contribution in [0.2, 0.25) is 5.02 Å². The number of fused-ring (bicyclic) bond motifs is 1. The summed E-state index contributed by atoms with van der Waals surface area (Å²) in [5.74, 6) is 0.855. The molecular weight excluding hydrogens is 552 g/mol. The number of rotatable bonds is 7. The van der Waals surface area contributed by atoms with Crippen LogP contribution in [0.4, 0.5) is 5.69 Å². The highest BCUT2D eigenvalue weighted by Gasteiger charge is 2.18. The van der Waals surface area contributed by atoms with Crippen molar-refractivity contribution in [2.24, 2.45) is 7.05 Å². The molecule has 4 heterocycles. The summed E-state index contributed by atoms with van der Waals surface area (Å²) >= 11 is 6.47. The number of amides is 1. The number of carbonyl (C=O) groups excluding carboxylic acids is 1. The zero-order valence-electron chi connectivity index (χ0n) is 23.7. The molecule has 6 rings (SSSR count). The Morgan fingerprint density at radius 3 is 2.55 bits per heavy atom. The fourth-order valence-electron chi connectivity index (χ4n) is 4.95. The van der Waals surface area contributed by atoms with Crippen molar-refractivity contribution in [1.29, 1.82) is 0 Å². The number of nitrogens with one attached hydrogen (secondary N) is 1. The van der Waals surface area contributed by atoms with Crippen molar-refractivity contribution in [3.8, 4) is 23.0 Å². The van der Waals surface area contributed by atoms with Gasteiger partial charge < -0.3 is 15.0 Å². The van der Waals surface area contributed by atoms with Crippen LogP contribution in [0.3, 0.4) is 0 Å². The first-order valence-electron chi connectivity index (χ1n) is 13.7. The topological polar surface area (TPSA) is 101 Å². The van der Waals surface area contributed by atoms with Gasteiger partial charge in [0, 0.05) is 69.6 Å². The molecule has 10 nitrogen and oxygen atoms in total. The maximum Gasteiger partial charge on any atom is 0.257 e. The molecule has 0 unspecified atom stereocenters.